The Bertz CT molecular complexity index is 791. The molecule has 0 aliphatic carbocycles. The van der Waals surface area contributed by atoms with Gasteiger partial charge in [-0.2, -0.15) is 5.10 Å². The van der Waals surface area contributed by atoms with Crippen molar-refractivity contribution in [1.29, 1.82) is 0 Å². The average Bonchev–Trinajstić information content (AvgIpc) is 3.08. The first kappa shape index (κ1) is 13.3. The van der Waals surface area contributed by atoms with Gasteiger partial charge in [0.15, 0.2) is 0 Å². The predicted octanol–water partition coefficient (Wildman–Crippen LogP) is 2.05. The molecule has 7 nitrogen and oxygen atoms in total. The number of nitrogens with one attached hydrogen (secondary N) is 2. The number of carbonyl (C=O) groups excluding carboxylic acids is 1. The Balaban J connectivity index is 1.96. The molecule has 0 saturated carbocycles. The van der Waals surface area contributed by atoms with Crippen LogP contribution in [-0.4, -0.2) is 26.2 Å². The Morgan fingerprint density at radius 2 is 2.24 bits per heavy atom. The van der Waals surface area contributed by atoms with E-state index >= 15 is 0 Å². The number of hydrogen-bond donors (Lipinski definition) is 2. The first-order chi connectivity index (χ1) is 10.1. The van der Waals surface area contributed by atoms with Crippen LogP contribution in [0.25, 0.3) is 11.1 Å². The molecule has 0 radical (unpaired) electrons. The van der Waals surface area contributed by atoms with Crippen molar-refractivity contribution in [3.63, 3.8) is 0 Å². The van der Waals surface area contributed by atoms with Crippen LogP contribution < -0.4 is 5.32 Å². The molecule has 1 unspecified atom stereocenters. The third-order valence-electron chi connectivity index (χ3n) is 3.36. The molecule has 1 atom stereocenters. The van der Waals surface area contributed by atoms with Crippen molar-refractivity contribution < 1.29 is 9.32 Å². The van der Waals surface area contributed by atoms with E-state index in [2.05, 4.69) is 25.7 Å². The summed E-state index contributed by atoms with van der Waals surface area (Å²) in [5, 5.41) is 14.1. The normalized spacial score (nSPS) is 12.5. The fraction of sp³-hybridized carbons (Fsp3) is 0.286. The van der Waals surface area contributed by atoms with E-state index in [1.54, 1.807) is 25.4 Å². The minimum Gasteiger partial charge on any atom is -0.345 e. The number of rotatable bonds is 3. The van der Waals surface area contributed by atoms with Crippen LogP contribution in [0.5, 0.6) is 0 Å². The van der Waals surface area contributed by atoms with Crippen molar-refractivity contribution in [3.8, 4) is 0 Å². The lowest BCUT2D eigenvalue weighted by Crippen LogP contribution is -2.26. The first-order valence-electron chi connectivity index (χ1n) is 6.59. The van der Waals surface area contributed by atoms with Crippen molar-refractivity contribution in [1.82, 2.24) is 25.7 Å². The highest BCUT2D eigenvalue weighted by Gasteiger charge is 2.19. The molecule has 0 bridgehead atoms. The van der Waals surface area contributed by atoms with E-state index in [0.29, 0.717) is 28.1 Å². The molecule has 2 N–H and O–H groups in total. The molecule has 0 aliphatic heterocycles. The quantitative estimate of drug-likeness (QED) is 0.767. The fourth-order valence-electron chi connectivity index (χ4n) is 2.25. The summed E-state index contributed by atoms with van der Waals surface area (Å²) in [5.74, 6) is -0.189. The summed E-state index contributed by atoms with van der Waals surface area (Å²) in [4.78, 5) is 16.8. The van der Waals surface area contributed by atoms with Gasteiger partial charge in [0.2, 0.25) is 0 Å². The summed E-state index contributed by atoms with van der Waals surface area (Å²) in [6, 6.07) is 1.59. The molecule has 0 spiro atoms. The average molecular weight is 285 g/mol. The zero-order chi connectivity index (χ0) is 15.0. The molecule has 21 heavy (non-hydrogen) atoms. The molecule has 0 aromatic carbocycles. The Kier molecular flexibility index (Phi) is 3.17. The Morgan fingerprint density at radius 1 is 1.43 bits per heavy atom. The summed E-state index contributed by atoms with van der Waals surface area (Å²) < 4.78 is 5.14. The zero-order valence-electron chi connectivity index (χ0n) is 12.0. The Labute approximate surface area is 120 Å². The van der Waals surface area contributed by atoms with Crippen LogP contribution in [0, 0.1) is 13.8 Å². The first-order valence-corrected chi connectivity index (χ1v) is 6.59. The molecule has 1 amide bonds. The predicted molar refractivity (Wildman–Crippen MR) is 75.7 cm³/mol. The number of amides is 1. The summed E-state index contributed by atoms with van der Waals surface area (Å²) in [5.41, 5.74) is 3.17. The standard InChI is InChI=1S/C14H15N5O2/c1-7-4-11(12-9(3)19-21-14(12)17-7)13(20)18-8(2)10-5-15-16-6-10/h4-6,8H,1-3H3,(H,15,16)(H,18,20). The zero-order valence-corrected chi connectivity index (χ0v) is 12.0. The number of H-pyrrole nitrogens is 1. The summed E-state index contributed by atoms with van der Waals surface area (Å²) in [6.07, 6.45) is 3.44. The second-order valence-electron chi connectivity index (χ2n) is 4.99. The lowest BCUT2D eigenvalue weighted by molar-refractivity contribution is 0.0941. The van der Waals surface area contributed by atoms with Gasteiger partial charge in [0.25, 0.3) is 11.6 Å². The van der Waals surface area contributed by atoms with Crippen LogP contribution in [0.4, 0.5) is 0 Å². The number of pyridine rings is 1. The molecule has 3 heterocycles. The van der Waals surface area contributed by atoms with Crippen molar-refractivity contribution in [2.75, 3.05) is 0 Å². The third kappa shape index (κ3) is 2.37. The minimum atomic E-state index is -0.189. The van der Waals surface area contributed by atoms with Crippen molar-refractivity contribution in [3.05, 3.63) is 41.0 Å². The highest BCUT2D eigenvalue weighted by Crippen LogP contribution is 2.22. The van der Waals surface area contributed by atoms with Gasteiger partial charge in [-0.05, 0) is 26.8 Å². The fourth-order valence-corrected chi connectivity index (χ4v) is 2.25. The number of aryl methyl sites for hydroxylation is 2. The second-order valence-corrected chi connectivity index (χ2v) is 4.99. The van der Waals surface area contributed by atoms with E-state index in [1.165, 1.54) is 0 Å². The van der Waals surface area contributed by atoms with Gasteiger partial charge in [-0.15, -0.1) is 0 Å². The summed E-state index contributed by atoms with van der Waals surface area (Å²) in [6.45, 7) is 5.50. The minimum absolute atomic E-state index is 0.153. The molecule has 108 valence electrons. The number of hydrogen-bond acceptors (Lipinski definition) is 5. The number of nitrogens with zero attached hydrogens (tertiary/aromatic N) is 3. The van der Waals surface area contributed by atoms with Gasteiger partial charge in [-0.3, -0.25) is 9.89 Å². The van der Waals surface area contributed by atoms with E-state index in [9.17, 15) is 4.79 Å². The number of aromatic nitrogens is 4. The molecular formula is C14H15N5O2. The maximum absolute atomic E-state index is 12.5. The number of carbonyl (C=O) groups is 1. The van der Waals surface area contributed by atoms with Crippen molar-refractivity contribution in [2.45, 2.75) is 26.8 Å². The maximum atomic E-state index is 12.5. The molecule has 0 fully saturated rings. The van der Waals surface area contributed by atoms with Crippen molar-refractivity contribution in [2.24, 2.45) is 0 Å². The highest BCUT2D eigenvalue weighted by molar-refractivity contribution is 6.06. The van der Waals surface area contributed by atoms with Gasteiger partial charge in [0.1, 0.15) is 0 Å². The van der Waals surface area contributed by atoms with Gasteiger partial charge >= 0.3 is 0 Å². The molecule has 3 aromatic heterocycles. The summed E-state index contributed by atoms with van der Waals surface area (Å²) in [7, 11) is 0. The van der Waals surface area contributed by atoms with E-state index in [0.717, 1.165) is 5.56 Å². The lowest BCUT2D eigenvalue weighted by Gasteiger charge is -2.12. The van der Waals surface area contributed by atoms with E-state index in [1.807, 2.05) is 13.8 Å². The molecule has 0 aliphatic rings. The summed E-state index contributed by atoms with van der Waals surface area (Å²) >= 11 is 0. The second kappa shape index (κ2) is 5.01. The van der Waals surface area contributed by atoms with Crippen LogP contribution in [-0.2, 0) is 0 Å². The Hall–Kier alpha value is -2.70. The number of fused-ring (bicyclic) bond motifs is 1. The largest absolute Gasteiger partial charge is 0.345 e. The van der Waals surface area contributed by atoms with E-state index in [4.69, 9.17) is 4.52 Å². The molecule has 3 aromatic rings. The van der Waals surface area contributed by atoms with Gasteiger partial charge < -0.3 is 9.84 Å². The van der Waals surface area contributed by atoms with E-state index < -0.39 is 0 Å². The van der Waals surface area contributed by atoms with Crippen LogP contribution in [0.3, 0.4) is 0 Å². The van der Waals surface area contributed by atoms with Gasteiger partial charge in [-0.1, -0.05) is 5.16 Å². The maximum Gasteiger partial charge on any atom is 0.258 e. The van der Waals surface area contributed by atoms with E-state index in [-0.39, 0.29) is 11.9 Å². The molecule has 0 saturated heterocycles. The van der Waals surface area contributed by atoms with Crippen LogP contribution >= 0.6 is 0 Å². The smallest absolute Gasteiger partial charge is 0.258 e. The highest BCUT2D eigenvalue weighted by atomic mass is 16.5. The Morgan fingerprint density at radius 3 is 2.95 bits per heavy atom. The van der Waals surface area contributed by atoms with Crippen LogP contribution in [0.15, 0.2) is 23.0 Å². The van der Waals surface area contributed by atoms with Crippen LogP contribution in [0.2, 0.25) is 0 Å². The van der Waals surface area contributed by atoms with Gasteiger partial charge in [-0.25, -0.2) is 4.98 Å². The van der Waals surface area contributed by atoms with Gasteiger partial charge in [0, 0.05) is 17.5 Å². The topological polar surface area (TPSA) is 96.7 Å². The molecule has 3 rings (SSSR count). The lowest BCUT2D eigenvalue weighted by atomic mass is 10.1. The monoisotopic (exact) mass is 285 g/mol. The van der Waals surface area contributed by atoms with Crippen molar-refractivity contribution >= 4 is 17.0 Å². The molecule has 7 heteroatoms. The van der Waals surface area contributed by atoms with Gasteiger partial charge in [0.05, 0.1) is 28.9 Å². The third-order valence-corrected chi connectivity index (χ3v) is 3.36. The SMILES string of the molecule is Cc1cc(C(=O)NC(C)c2cn[nH]c2)c2c(C)noc2n1. The molecular weight excluding hydrogens is 270 g/mol. The van der Waals surface area contributed by atoms with Crippen LogP contribution in [0.1, 0.15) is 40.3 Å². The number of aromatic amines is 1.